The van der Waals surface area contributed by atoms with E-state index in [0.717, 1.165) is 17.7 Å². The normalized spacial score (nSPS) is 10.3. The van der Waals surface area contributed by atoms with Gasteiger partial charge >= 0.3 is 0 Å². The zero-order valence-corrected chi connectivity index (χ0v) is 10.3. The molecule has 2 N–H and O–H groups in total. The van der Waals surface area contributed by atoms with Crippen molar-refractivity contribution < 1.29 is 9.13 Å². The Kier molecular flexibility index (Phi) is 3.82. The van der Waals surface area contributed by atoms with Crippen molar-refractivity contribution in [2.45, 2.75) is 20.0 Å². The van der Waals surface area contributed by atoms with Crippen LogP contribution in [-0.4, -0.2) is 0 Å². The van der Waals surface area contributed by atoms with Crippen LogP contribution in [0.25, 0.3) is 0 Å². The van der Waals surface area contributed by atoms with Gasteiger partial charge in [0.1, 0.15) is 18.2 Å². The van der Waals surface area contributed by atoms with Gasteiger partial charge in [0.15, 0.2) is 0 Å². The van der Waals surface area contributed by atoms with Gasteiger partial charge in [-0.3, -0.25) is 0 Å². The molecule has 3 heteroatoms. The van der Waals surface area contributed by atoms with Gasteiger partial charge in [-0.2, -0.15) is 0 Å². The van der Waals surface area contributed by atoms with Crippen LogP contribution in [-0.2, 0) is 13.0 Å². The van der Waals surface area contributed by atoms with Gasteiger partial charge in [0.25, 0.3) is 0 Å². The van der Waals surface area contributed by atoms with E-state index in [-0.39, 0.29) is 5.82 Å². The van der Waals surface area contributed by atoms with Gasteiger partial charge in [-0.1, -0.05) is 19.1 Å². The van der Waals surface area contributed by atoms with Crippen LogP contribution in [0.4, 0.5) is 10.1 Å². The van der Waals surface area contributed by atoms with Crippen LogP contribution in [0.15, 0.2) is 42.5 Å². The Morgan fingerprint density at radius 1 is 1.06 bits per heavy atom. The number of hydrogen-bond donors (Lipinski definition) is 1. The summed E-state index contributed by atoms with van der Waals surface area (Å²) in [6.45, 7) is 2.42. The molecule has 0 amide bonds. The third-order valence-electron chi connectivity index (χ3n) is 2.72. The molecule has 2 nitrogen and oxygen atoms in total. The highest BCUT2D eigenvalue weighted by atomic mass is 19.1. The second-order valence-electron chi connectivity index (χ2n) is 4.18. The lowest BCUT2D eigenvalue weighted by molar-refractivity contribution is 0.305. The van der Waals surface area contributed by atoms with Crippen LogP contribution in [0.1, 0.15) is 18.1 Å². The summed E-state index contributed by atoms with van der Waals surface area (Å²) in [5, 5.41) is 0. The molecule has 0 aromatic heterocycles. The van der Waals surface area contributed by atoms with Gasteiger partial charge < -0.3 is 10.5 Å². The lowest BCUT2D eigenvalue weighted by Gasteiger charge is -2.07. The van der Waals surface area contributed by atoms with E-state index in [1.807, 2.05) is 24.3 Å². The fourth-order valence-electron chi connectivity index (χ4n) is 1.75. The molecule has 0 bridgehead atoms. The van der Waals surface area contributed by atoms with E-state index in [1.54, 1.807) is 6.07 Å². The summed E-state index contributed by atoms with van der Waals surface area (Å²) in [7, 11) is 0. The maximum atomic E-state index is 13.1. The third kappa shape index (κ3) is 3.23. The van der Waals surface area contributed by atoms with Crippen molar-refractivity contribution in [1.29, 1.82) is 0 Å². The van der Waals surface area contributed by atoms with Gasteiger partial charge in [-0.05, 0) is 47.9 Å². The minimum Gasteiger partial charge on any atom is -0.489 e. The van der Waals surface area contributed by atoms with Gasteiger partial charge in [0.2, 0.25) is 0 Å². The van der Waals surface area contributed by atoms with Gasteiger partial charge in [0.05, 0.1) is 0 Å². The van der Waals surface area contributed by atoms with E-state index in [0.29, 0.717) is 12.3 Å². The second-order valence-corrected chi connectivity index (χ2v) is 4.18. The Bertz CT molecular complexity index is 502. The number of halogens is 1. The molecule has 0 aliphatic rings. The summed E-state index contributed by atoms with van der Waals surface area (Å²) >= 11 is 0. The van der Waals surface area contributed by atoms with Crippen LogP contribution < -0.4 is 10.5 Å². The van der Waals surface area contributed by atoms with Crippen molar-refractivity contribution in [2.24, 2.45) is 0 Å². The fourth-order valence-corrected chi connectivity index (χ4v) is 1.75. The number of rotatable bonds is 4. The number of nitrogens with two attached hydrogens (primary N) is 1. The first kappa shape index (κ1) is 12.4. The molecule has 0 heterocycles. The molecule has 0 unspecified atom stereocenters. The zero-order valence-electron chi connectivity index (χ0n) is 10.3. The quantitative estimate of drug-likeness (QED) is 0.836. The van der Waals surface area contributed by atoms with Crippen molar-refractivity contribution in [3.8, 4) is 5.75 Å². The Morgan fingerprint density at radius 2 is 1.78 bits per heavy atom. The largest absolute Gasteiger partial charge is 0.489 e. The molecule has 0 aliphatic carbocycles. The molecule has 2 aromatic rings. The molecule has 0 saturated heterocycles. The number of anilines is 1. The van der Waals surface area contributed by atoms with E-state index >= 15 is 0 Å². The number of aryl methyl sites for hydroxylation is 1. The molecule has 0 saturated carbocycles. The first-order valence-corrected chi connectivity index (χ1v) is 5.94. The summed E-state index contributed by atoms with van der Waals surface area (Å²) in [6, 6.07) is 12.3. The van der Waals surface area contributed by atoms with Gasteiger partial charge in [-0.25, -0.2) is 4.39 Å². The van der Waals surface area contributed by atoms with Crippen LogP contribution >= 0.6 is 0 Å². The van der Waals surface area contributed by atoms with Crippen molar-refractivity contribution in [3.05, 3.63) is 59.4 Å². The topological polar surface area (TPSA) is 35.2 Å². The Labute approximate surface area is 106 Å². The van der Waals surface area contributed by atoms with E-state index in [2.05, 4.69) is 6.92 Å². The summed E-state index contributed by atoms with van der Waals surface area (Å²) in [6.07, 6.45) is 1.00. The summed E-state index contributed by atoms with van der Waals surface area (Å²) < 4.78 is 18.7. The molecule has 0 aliphatic heterocycles. The fraction of sp³-hybridized carbons (Fsp3) is 0.200. The highest BCUT2D eigenvalue weighted by Crippen LogP contribution is 2.16. The molecule has 0 spiro atoms. The predicted octanol–water partition coefficient (Wildman–Crippen LogP) is 3.55. The minimum absolute atomic E-state index is 0.313. The second kappa shape index (κ2) is 5.54. The summed E-state index contributed by atoms with van der Waals surface area (Å²) in [4.78, 5) is 0. The van der Waals surface area contributed by atoms with E-state index < -0.39 is 0 Å². The molecule has 2 aromatic carbocycles. The van der Waals surface area contributed by atoms with Gasteiger partial charge in [0, 0.05) is 5.69 Å². The minimum atomic E-state index is -0.338. The maximum absolute atomic E-state index is 13.1. The predicted molar refractivity (Wildman–Crippen MR) is 71.0 cm³/mol. The first-order chi connectivity index (χ1) is 8.67. The average molecular weight is 245 g/mol. The van der Waals surface area contributed by atoms with Crippen LogP contribution in [0.2, 0.25) is 0 Å². The Morgan fingerprint density at radius 3 is 2.39 bits per heavy atom. The SMILES string of the molecule is CCc1ccc(OCc2cc(N)cc(F)c2)cc1. The summed E-state index contributed by atoms with van der Waals surface area (Å²) in [5.74, 6) is 0.435. The summed E-state index contributed by atoms with van der Waals surface area (Å²) in [5.41, 5.74) is 7.97. The molecule has 0 radical (unpaired) electrons. The zero-order chi connectivity index (χ0) is 13.0. The van der Waals surface area contributed by atoms with Crippen molar-refractivity contribution in [1.82, 2.24) is 0 Å². The van der Waals surface area contributed by atoms with E-state index in [9.17, 15) is 4.39 Å². The average Bonchev–Trinajstić information content (AvgIpc) is 2.36. The first-order valence-electron chi connectivity index (χ1n) is 5.94. The number of hydrogen-bond acceptors (Lipinski definition) is 2. The smallest absolute Gasteiger partial charge is 0.125 e. The van der Waals surface area contributed by atoms with Crippen molar-refractivity contribution >= 4 is 5.69 Å². The van der Waals surface area contributed by atoms with Crippen LogP contribution in [0.5, 0.6) is 5.75 Å². The highest BCUT2D eigenvalue weighted by molar-refractivity contribution is 5.41. The van der Waals surface area contributed by atoms with Crippen LogP contribution in [0, 0.1) is 5.82 Å². The lowest BCUT2D eigenvalue weighted by atomic mass is 10.2. The molecule has 0 atom stereocenters. The molecule has 2 rings (SSSR count). The lowest BCUT2D eigenvalue weighted by Crippen LogP contribution is -1.98. The number of ether oxygens (including phenoxy) is 1. The van der Waals surface area contributed by atoms with Gasteiger partial charge in [-0.15, -0.1) is 0 Å². The van der Waals surface area contributed by atoms with Crippen LogP contribution in [0.3, 0.4) is 0 Å². The molecule has 18 heavy (non-hydrogen) atoms. The van der Waals surface area contributed by atoms with Crippen molar-refractivity contribution in [2.75, 3.05) is 5.73 Å². The molecule has 94 valence electrons. The molecular weight excluding hydrogens is 229 g/mol. The Balaban J connectivity index is 2.01. The van der Waals surface area contributed by atoms with E-state index in [1.165, 1.54) is 17.7 Å². The molecular formula is C15H16FNO. The number of benzene rings is 2. The Hall–Kier alpha value is -2.03. The monoisotopic (exact) mass is 245 g/mol. The maximum Gasteiger partial charge on any atom is 0.125 e. The molecule has 0 fully saturated rings. The van der Waals surface area contributed by atoms with E-state index in [4.69, 9.17) is 10.5 Å². The highest BCUT2D eigenvalue weighted by Gasteiger charge is 2.00. The standard InChI is InChI=1S/C15H16FNO/c1-2-11-3-5-15(6-4-11)18-10-12-7-13(16)9-14(17)8-12/h3-9H,2,10,17H2,1H3. The number of nitrogen functional groups attached to an aromatic ring is 1. The third-order valence-corrected chi connectivity index (χ3v) is 2.72. The van der Waals surface area contributed by atoms with Crippen molar-refractivity contribution in [3.63, 3.8) is 0 Å².